The Morgan fingerprint density at radius 3 is 2.40 bits per heavy atom. The zero-order chi connectivity index (χ0) is 18.2. The van der Waals surface area contributed by atoms with Crippen LogP contribution in [0.1, 0.15) is 17.5 Å². The van der Waals surface area contributed by atoms with Gasteiger partial charge in [-0.1, -0.05) is 24.3 Å². The molecule has 8 heteroatoms. The minimum atomic E-state index is -3.75. The number of rotatable bonds is 4. The first-order chi connectivity index (χ1) is 11.7. The number of benzene rings is 2. The molecular formula is C17H20N2O4S2. The Balaban J connectivity index is 1.98. The fourth-order valence-corrected chi connectivity index (χ4v) is 5.79. The van der Waals surface area contributed by atoms with Crippen LogP contribution in [0.2, 0.25) is 0 Å². The summed E-state index contributed by atoms with van der Waals surface area (Å²) in [4.78, 5) is 0.202. The maximum absolute atomic E-state index is 12.7. The first kappa shape index (κ1) is 17.8. The lowest BCUT2D eigenvalue weighted by molar-refractivity contribution is 0.598. The minimum absolute atomic E-state index is 0.116. The maximum Gasteiger partial charge on any atom is 0.262 e. The molecule has 1 aliphatic rings. The molecule has 1 heterocycles. The van der Waals surface area contributed by atoms with E-state index in [0.29, 0.717) is 29.9 Å². The van der Waals surface area contributed by atoms with E-state index in [1.54, 1.807) is 56.3 Å². The van der Waals surface area contributed by atoms with Crippen LogP contribution in [0, 0.1) is 13.8 Å². The molecule has 0 radical (unpaired) electrons. The van der Waals surface area contributed by atoms with Crippen LogP contribution in [0.5, 0.6) is 0 Å². The van der Waals surface area contributed by atoms with E-state index >= 15 is 0 Å². The van der Waals surface area contributed by atoms with Crippen LogP contribution in [0.15, 0.2) is 47.4 Å². The first-order valence-corrected chi connectivity index (χ1v) is 11.0. The summed E-state index contributed by atoms with van der Waals surface area (Å²) in [6, 6.07) is 11.7. The maximum atomic E-state index is 12.7. The number of aryl methyl sites for hydroxylation is 2. The second kappa shape index (κ2) is 6.34. The highest BCUT2D eigenvalue weighted by Crippen LogP contribution is 2.30. The van der Waals surface area contributed by atoms with Crippen LogP contribution >= 0.6 is 0 Å². The smallest absolute Gasteiger partial charge is 0.262 e. The Labute approximate surface area is 148 Å². The predicted octanol–water partition coefficient (Wildman–Crippen LogP) is 2.64. The molecule has 2 aromatic rings. The van der Waals surface area contributed by atoms with E-state index in [1.807, 2.05) is 0 Å². The van der Waals surface area contributed by atoms with E-state index < -0.39 is 20.0 Å². The lowest BCUT2D eigenvalue weighted by Gasteiger charge is -2.19. The van der Waals surface area contributed by atoms with Crippen molar-refractivity contribution in [3.63, 3.8) is 0 Å². The second-order valence-electron chi connectivity index (χ2n) is 6.11. The second-order valence-corrected chi connectivity index (χ2v) is 9.78. The minimum Gasteiger partial charge on any atom is -0.279 e. The van der Waals surface area contributed by atoms with Crippen LogP contribution in [0.3, 0.4) is 0 Å². The van der Waals surface area contributed by atoms with Gasteiger partial charge in [0.25, 0.3) is 10.0 Å². The third kappa shape index (κ3) is 3.50. The van der Waals surface area contributed by atoms with Crippen LogP contribution in [0.25, 0.3) is 0 Å². The Morgan fingerprint density at radius 2 is 1.76 bits per heavy atom. The van der Waals surface area contributed by atoms with E-state index in [9.17, 15) is 16.8 Å². The molecule has 0 aromatic heterocycles. The van der Waals surface area contributed by atoms with Crippen LogP contribution in [-0.4, -0.2) is 29.1 Å². The molecule has 3 rings (SSSR count). The van der Waals surface area contributed by atoms with Crippen molar-refractivity contribution in [1.29, 1.82) is 0 Å². The highest BCUT2D eigenvalue weighted by Gasteiger charge is 2.29. The van der Waals surface area contributed by atoms with Crippen molar-refractivity contribution in [1.82, 2.24) is 0 Å². The number of nitrogens with one attached hydrogen (secondary N) is 1. The molecule has 0 unspecified atom stereocenters. The lowest BCUT2D eigenvalue weighted by Crippen LogP contribution is -2.25. The quantitative estimate of drug-likeness (QED) is 0.884. The molecule has 0 atom stereocenters. The molecule has 0 amide bonds. The molecule has 0 aliphatic carbocycles. The number of sulfonamides is 2. The molecule has 0 saturated carbocycles. The molecule has 0 bridgehead atoms. The summed E-state index contributed by atoms with van der Waals surface area (Å²) >= 11 is 0. The average molecular weight is 380 g/mol. The van der Waals surface area contributed by atoms with Crippen molar-refractivity contribution in [2.24, 2.45) is 0 Å². The zero-order valence-electron chi connectivity index (χ0n) is 14.1. The Bertz CT molecular complexity index is 1010. The summed E-state index contributed by atoms with van der Waals surface area (Å²) in [5, 5.41) is 0. The summed E-state index contributed by atoms with van der Waals surface area (Å²) in [5.41, 5.74) is 2.22. The van der Waals surface area contributed by atoms with Gasteiger partial charge in [0.05, 0.1) is 22.0 Å². The standard InChI is InChI=1S/C17H20N2O4S2/c1-13-8-9-15(19-10-5-11-24(19,20)21)12-16(13)18-25(22,23)17-7-4-3-6-14(17)2/h3-4,6-9,12,18H,5,10-11H2,1-2H3. The first-order valence-electron chi connectivity index (χ1n) is 7.90. The Hall–Kier alpha value is -2.06. The van der Waals surface area contributed by atoms with Gasteiger partial charge in [-0.15, -0.1) is 0 Å². The molecule has 1 N–H and O–H groups in total. The number of hydrogen-bond donors (Lipinski definition) is 1. The largest absolute Gasteiger partial charge is 0.279 e. The van der Waals surface area contributed by atoms with Crippen molar-refractivity contribution in [3.05, 3.63) is 53.6 Å². The average Bonchev–Trinajstić information content (AvgIpc) is 2.89. The SMILES string of the molecule is Cc1ccc(N2CCCS2(=O)=O)cc1NS(=O)(=O)c1ccccc1C. The van der Waals surface area contributed by atoms with E-state index in [4.69, 9.17) is 0 Å². The van der Waals surface area contributed by atoms with Gasteiger partial charge in [-0.3, -0.25) is 9.03 Å². The van der Waals surface area contributed by atoms with Crippen molar-refractivity contribution in [2.75, 3.05) is 21.3 Å². The van der Waals surface area contributed by atoms with E-state index in [2.05, 4.69) is 4.72 Å². The van der Waals surface area contributed by atoms with Gasteiger partial charge in [-0.25, -0.2) is 16.8 Å². The van der Waals surface area contributed by atoms with Crippen molar-refractivity contribution < 1.29 is 16.8 Å². The van der Waals surface area contributed by atoms with Gasteiger partial charge in [0, 0.05) is 6.54 Å². The number of hydrogen-bond acceptors (Lipinski definition) is 4. The van der Waals surface area contributed by atoms with Gasteiger partial charge < -0.3 is 0 Å². The summed E-state index contributed by atoms with van der Waals surface area (Å²) in [5.74, 6) is 0.116. The van der Waals surface area contributed by atoms with Gasteiger partial charge in [0.15, 0.2) is 0 Å². The van der Waals surface area contributed by atoms with Gasteiger partial charge in [-0.2, -0.15) is 0 Å². The number of anilines is 2. The highest BCUT2D eigenvalue weighted by molar-refractivity contribution is 7.93. The van der Waals surface area contributed by atoms with Crippen LogP contribution < -0.4 is 9.03 Å². The molecular weight excluding hydrogens is 360 g/mol. The molecule has 134 valence electrons. The van der Waals surface area contributed by atoms with Gasteiger partial charge in [0.1, 0.15) is 0 Å². The van der Waals surface area contributed by atoms with Gasteiger partial charge in [-0.05, 0) is 49.6 Å². The van der Waals surface area contributed by atoms with E-state index in [0.717, 1.165) is 5.56 Å². The third-order valence-electron chi connectivity index (χ3n) is 4.24. The monoisotopic (exact) mass is 380 g/mol. The summed E-state index contributed by atoms with van der Waals surface area (Å²) in [7, 11) is -7.07. The highest BCUT2D eigenvalue weighted by atomic mass is 32.2. The molecule has 1 aliphatic heterocycles. The summed E-state index contributed by atoms with van der Waals surface area (Å²) in [6.07, 6.45) is 0.570. The fourth-order valence-electron chi connectivity index (χ4n) is 2.86. The molecule has 2 aromatic carbocycles. The Kier molecular flexibility index (Phi) is 4.51. The van der Waals surface area contributed by atoms with Crippen LogP contribution in [0.4, 0.5) is 11.4 Å². The van der Waals surface area contributed by atoms with E-state index in [1.165, 1.54) is 4.31 Å². The third-order valence-corrected chi connectivity index (χ3v) is 7.63. The lowest BCUT2D eigenvalue weighted by atomic mass is 10.2. The molecule has 0 spiro atoms. The predicted molar refractivity (Wildman–Crippen MR) is 98.9 cm³/mol. The fraction of sp³-hybridized carbons (Fsp3) is 0.294. The summed E-state index contributed by atoms with van der Waals surface area (Å²) < 4.78 is 53.5. The van der Waals surface area contributed by atoms with Crippen molar-refractivity contribution >= 4 is 31.4 Å². The molecule has 1 fully saturated rings. The molecule has 25 heavy (non-hydrogen) atoms. The van der Waals surface area contributed by atoms with Gasteiger partial charge in [0.2, 0.25) is 10.0 Å². The normalized spacial score (nSPS) is 16.8. The van der Waals surface area contributed by atoms with Crippen molar-refractivity contribution in [2.45, 2.75) is 25.2 Å². The molecule has 1 saturated heterocycles. The number of nitrogens with zero attached hydrogens (tertiary/aromatic N) is 1. The Morgan fingerprint density at radius 1 is 1.04 bits per heavy atom. The summed E-state index contributed by atoms with van der Waals surface area (Å²) in [6.45, 7) is 3.92. The molecule has 6 nitrogen and oxygen atoms in total. The van der Waals surface area contributed by atoms with E-state index in [-0.39, 0.29) is 10.6 Å². The zero-order valence-corrected chi connectivity index (χ0v) is 15.7. The van der Waals surface area contributed by atoms with Crippen molar-refractivity contribution in [3.8, 4) is 0 Å². The topological polar surface area (TPSA) is 83.6 Å². The van der Waals surface area contributed by atoms with Gasteiger partial charge >= 0.3 is 0 Å². The van der Waals surface area contributed by atoms with Crippen LogP contribution in [-0.2, 0) is 20.0 Å².